The normalized spacial score (nSPS) is 11.5. The SMILES string of the molecule is COc1ccc(Cl)cc1-c1ccc(C=C(C#N)c2nc3ccccc3[nH]2)o1. The average Bonchev–Trinajstić information content (AvgIpc) is 3.32. The number of imidazole rings is 1. The third-order valence-corrected chi connectivity index (χ3v) is 4.34. The number of hydrogen-bond acceptors (Lipinski definition) is 4. The number of halogens is 1. The highest BCUT2D eigenvalue weighted by Crippen LogP contribution is 2.34. The van der Waals surface area contributed by atoms with Crippen molar-refractivity contribution in [1.82, 2.24) is 9.97 Å². The van der Waals surface area contributed by atoms with Gasteiger partial charge in [0.1, 0.15) is 29.2 Å². The number of aromatic amines is 1. The van der Waals surface area contributed by atoms with E-state index < -0.39 is 0 Å². The third kappa shape index (κ3) is 3.31. The Kier molecular flexibility index (Phi) is 4.41. The molecule has 0 aliphatic heterocycles. The summed E-state index contributed by atoms with van der Waals surface area (Å²) < 4.78 is 11.3. The zero-order chi connectivity index (χ0) is 18.8. The molecule has 0 bridgehead atoms. The minimum absolute atomic E-state index is 0.380. The molecule has 2 heterocycles. The molecule has 4 aromatic rings. The maximum Gasteiger partial charge on any atom is 0.149 e. The molecule has 0 aliphatic carbocycles. The van der Waals surface area contributed by atoms with E-state index in [0.29, 0.717) is 33.7 Å². The predicted octanol–water partition coefficient (Wildman–Crippen LogP) is 5.55. The summed E-state index contributed by atoms with van der Waals surface area (Å²) in [6, 6.07) is 18.7. The molecule has 0 saturated heterocycles. The summed E-state index contributed by atoms with van der Waals surface area (Å²) in [6.07, 6.45) is 1.65. The summed E-state index contributed by atoms with van der Waals surface area (Å²) in [4.78, 5) is 7.61. The number of H-pyrrole nitrogens is 1. The summed E-state index contributed by atoms with van der Waals surface area (Å²) in [5.74, 6) is 2.28. The summed E-state index contributed by atoms with van der Waals surface area (Å²) in [7, 11) is 1.59. The lowest BCUT2D eigenvalue weighted by Gasteiger charge is -2.06. The number of ether oxygens (including phenoxy) is 1. The Labute approximate surface area is 160 Å². The number of hydrogen-bond donors (Lipinski definition) is 1. The van der Waals surface area contributed by atoms with Crippen molar-refractivity contribution < 1.29 is 9.15 Å². The first-order chi connectivity index (χ1) is 13.2. The number of nitriles is 1. The van der Waals surface area contributed by atoms with Gasteiger partial charge in [-0.2, -0.15) is 5.26 Å². The highest BCUT2D eigenvalue weighted by atomic mass is 35.5. The molecular formula is C21H14ClN3O2. The number of aromatic nitrogens is 2. The summed E-state index contributed by atoms with van der Waals surface area (Å²) in [6.45, 7) is 0. The van der Waals surface area contributed by atoms with Crippen molar-refractivity contribution in [2.75, 3.05) is 7.11 Å². The molecule has 0 spiro atoms. The van der Waals surface area contributed by atoms with Gasteiger partial charge in [0.2, 0.25) is 0 Å². The lowest BCUT2D eigenvalue weighted by molar-refractivity contribution is 0.414. The van der Waals surface area contributed by atoms with Gasteiger partial charge >= 0.3 is 0 Å². The van der Waals surface area contributed by atoms with Gasteiger partial charge in [0.25, 0.3) is 0 Å². The first kappa shape index (κ1) is 17.0. The minimum atomic E-state index is 0.380. The number of para-hydroxylation sites is 2. The quantitative estimate of drug-likeness (QED) is 0.474. The van der Waals surface area contributed by atoms with Crippen molar-refractivity contribution in [3.63, 3.8) is 0 Å². The van der Waals surface area contributed by atoms with Gasteiger partial charge in [-0.3, -0.25) is 0 Å². The van der Waals surface area contributed by atoms with Crippen LogP contribution in [-0.2, 0) is 0 Å². The lowest BCUT2D eigenvalue weighted by Crippen LogP contribution is -1.86. The molecule has 1 N–H and O–H groups in total. The Bertz CT molecular complexity index is 1160. The fraction of sp³-hybridized carbons (Fsp3) is 0.0476. The minimum Gasteiger partial charge on any atom is -0.496 e. The van der Waals surface area contributed by atoms with E-state index in [9.17, 15) is 5.26 Å². The van der Waals surface area contributed by atoms with Crippen molar-refractivity contribution in [3.8, 4) is 23.1 Å². The van der Waals surface area contributed by atoms with Gasteiger partial charge in [-0.1, -0.05) is 23.7 Å². The smallest absolute Gasteiger partial charge is 0.149 e. The van der Waals surface area contributed by atoms with Crippen molar-refractivity contribution in [3.05, 3.63) is 71.2 Å². The molecule has 4 rings (SSSR count). The summed E-state index contributed by atoms with van der Waals surface area (Å²) in [5, 5.41) is 10.1. The van der Waals surface area contributed by atoms with Gasteiger partial charge in [0.15, 0.2) is 0 Å². The van der Waals surface area contributed by atoms with Gasteiger partial charge in [0.05, 0.1) is 29.3 Å². The number of allylic oxidation sites excluding steroid dienone is 1. The number of nitrogens with zero attached hydrogens (tertiary/aromatic N) is 2. The second kappa shape index (κ2) is 7.02. The van der Waals surface area contributed by atoms with Crippen LogP contribution in [0.3, 0.4) is 0 Å². The van der Waals surface area contributed by atoms with Gasteiger partial charge in [-0.05, 0) is 42.5 Å². The number of methoxy groups -OCH3 is 1. The van der Waals surface area contributed by atoms with E-state index in [-0.39, 0.29) is 0 Å². The molecule has 2 aromatic carbocycles. The molecule has 2 aromatic heterocycles. The van der Waals surface area contributed by atoms with Gasteiger partial charge < -0.3 is 14.1 Å². The van der Waals surface area contributed by atoms with Crippen LogP contribution in [0.15, 0.2) is 59.0 Å². The number of fused-ring (bicyclic) bond motifs is 1. The molecule has 5 nitrogen and oxygen atoms in total. The van der Waals surface area contributed by atoms with Crippen LogP contribution >= 0.6 is 11.6 Å². The number of furan rings is 1. The molecule has 27 heavy (non-hydrogen) atoms. The fourth-order valence-electron chi connectivity index (χ4n) is 2.82. The number of rotatable bonds is 4. The standard InChI is InChI=1S/C21H14ClN3O2/c1-26-19-8-6-14(22)11-16(19)20-9-7-15(27-20)10-13(12-23)21-24-17-4-2-3-5-18(17)25-21/h2-11H,1H3,(H,24,25). The highest BCUT2D eigenvalue weighted by Gasteiger charge is 2.13. The van der Waals surface area contributed by atoms with E-state index in [1.165, 1.54) is 0 Å². The van der Waals surface area contributed by atoms with Crippen molar-refractivity contribution in [2.45, 2.75) is 0 Å². The van der Waals surface area contributed by atoms with Crippen LogP contribution in [0.2, 0.25) is 5.02 Å². The Morgan fingerprint density at radius 2 is 2.07 bits per heavy atom. The Morgan fingerprint density at radius 3 is 2.85 bits per heavy atom. The predicted molar refractivity (Wildman–Crippen MR) is 105 cm³/mol. The maximum atomic E-state index is 9.55. The average molecular weight is 376 g/mol. The largest absolute Gasteiger partial charge is 0.496 e. The second-order valence-corrected chi connectivity index (χ2v) is 6.26. The van der Waals surface area contributed by atoms with Crippen molar-refractivity contribution in [2.24, 2.45) is 0 Å². The van der Waals surface area contributed by atoms with Gasteiger partial charge in [-0.25, -0.2) is 4.98 Å². The van der Waals surface area contributed by atoms with Gasteiger partial charge in [-0.15, -0.1) is 0 Å². The van der Waals surface area contributed by atoms with Crippen LogP contribution in [0, 0.1) is 11.3 Å². The van der Waals surface area contributed by atoms with Crippen LogP contribution in [0.1, 0.15) is 11.6 Å². The monoisotopic (exact) mass is 375 g/mol. The van der Waals surface area contributed by atoms with Crippen LogP contribution in [-0.4, -0.2) is 17.1 Å². The lowest BCUT2D eigenvalue weighted by atomic mass is 10.1. The molecular weight excluding hydrogens is 362 g/mol. The molecule has 0 saturated carbocycles. The second-order valence-electron chi connectivity index (χ2n) is 5.82. The maximum absolute atomic E-state index is 9.55. The van der Waals surface area contributed by atoms with Crippen LogP contribution < -0.4 is 4.74 Å². The molecule has 6 heteroatoms. The van der Waals surface area contributed by atoms with E-state index in [2.05, 4.69) is 16.0 Å². The van der Waals surface area contributed by atoms with E-state index in [0.717, 1.165) is 16.6 Å². The molecule has 132 valence electrons. The van der Waals surface area contributed by atoms with E-state index in [1.807, 2.05) is 30.3 Å². The topological polar surface area (TPSA) is 74.8 Å². The summed E-state index contributed by atoms with van der Waals surface area (Å²) in [5.41, 5.74) is 2.80. The van der Waals surface area contributed by atoms with Crippen molar-refractivity contribution in [1.29, 1.82) is 5.26 Å². The zero-order valence-electron chi connectivity index (χ0n) is 14.4. The summed E-state index contributed by atoms with van der Waals surface area (Å²) >= 11 is 6.09. The molecule has 0 radical (unpaired) electrons. The van der Waals surface area contributed by atoms with Gasteiger partial charge in [0, 0.05) is 11.1 Å². The Morgan fingerprint density at radius 1 is 1.22 bits per heavy atom. The zero-order valence-corrected chi connectivity index (χ0v) is 15.1. The first-order valence-corrected chi connectivity index (χ1v) is 8.56. The van der Waals surface area contributed by atoms with Crippen LogP contribution in [0.25, 0.3) is 34.0 Å². The van der Waals surface area contributed by atoms with E-state index in [4.69, 9.17) is 20.8 Å². The third-order valence-electron chi connectivity index (χ3n) is 4.11. The first-order valence-electron chi connectivity index (χ1n) is 8.18. The molecule has 0 amide bonds. The molecule has 0 unspecified atom stereocenters. The van der Waals surface area contributed by atoms with Crippen LogP contribution in [0.5, 0.6) is 5.75 Å². The molecule has 0 atom stereocenters. The molecule has 0 fully saturated rings. The highest BCUT2D eigenvalue weighted by molar-refractivity contribution is 6.30. The van der Waals surface area contributed by atoms with Crippen molar-refractivity contribution >= 4 is 34.3 Å². The Hall–Kier alpha value is -3.49. The Balaban J connectivity index is 1.72. The number of benzene rings is 2. The van der Waals surface area contributed by atoms with E-state index >= 15 is 0 Å². The molecule has 0 aliphatic rings. The van der Waals surface area contributed by atoms with Crippen LogP contribution in [0.4, 0.5) is 0 Å². The fourth-order valence-corrected chi connectivity index (χ4v) is 3.00. The van der Waals surface area contributed by atoms with E-state index in [1.54, 1.807) is 37.5 Å². The number of nitrogens with one attached hydrogen (secondary N) is 1.